The molecule has 0 spiro atoms. The fourth-order valence-electron chi connectivity index (χ4n) is 1.70. The largest absolute Gasteiger partial charge is 0.461 e. The molecule has 90 valence electrons. The van der Waals surface area contributed by atoms with Crippen LogP contribution in [-0.4, -0.2) is 35.5 Å². The van der Waals surface area contributed by atoms with Gasteiger partial charge in [-0.05, 0) is 26.2 Å². The highest BCUT2D eigenvalue weighted by atomic mass is 16.6. The summed E-state index contributed by atoms with van der Waals surface area (Å²) in [6, 6.07) is 0. The lowest BCUT2D eigenvalue weighted by Crippen LogP contribution is -2.33. The molecule has 1 rings (SSSR count). The zero-order valence-electron chi connectivity index (χ0n) is 9.35. The molecule has 0 aliphatic carbocycles. The zero-order chi connectivity index (χ0) is 12.0. The maximum atomic E-state index is 11.5. The van der Waals surface area contributed by atoms with E-state index >= 15 is 0 Å². The molecule has 0 atom stereocenters. The van der Waals surface area contributed by atoms with E-state index < -0.39 is 10.9 Å². The number of nitrogens with zero attached hydrogens (tertiary/aromatic N) is 2. The quantitative estimate of drug-likeness (QED) is 0.312. The van der Waals surface area contributed by atoms with E-state index in [9.17, 15) is 14.9 Å². The first-order valence-corrected chi connectivity index (χ1v) is 5.42. The van der Waals surface area contributed by atoms with E-state index in [2.05, 4.69) is 0 Å². The van der Waals surface area contributed by atoms with Crippen LogP contribution in [0.2, 0.25) is 0 Å². The van der Waals surface area contributed by atoms with Crippen LogP contribution in [0.25, 0.3) is 0 Å². The molecule has 1 aliphatic rings. The van der Waals surface area contributed by atoms with Crippen LogP contribution in [0.3, 0.4) is 0 Å². The van der Waals surface area contributed by atoms with Crippen LogP contribution in [0.1, 0.15) is 26.2 Å². The Balaban J connectivity index is 2.77. The summed E-state index contributed by atoms with van der Waals surface area (Å²) in [5, 5.41) is 10.5. The van der Waals surface area contributed by atoms with Crippen molar-refractivity contribution in [3.63, 3.8) is 0 Å². The number of esters is 1. The van der Waals surface area contributed by atoms with Gasteiger partial charge in [-0.2, -0.15) is 0 Å². The van der Waals surface area contributed by atoms with E-state index in [0.29, 0.717) is 13.1 Å². The molecule has 16 heavy (non-hydrogen) atoms. The van der Waals surface area contributed by atoms with Crippen LogP contribution >= 0.6 is 0 Å². The van der Waals surface area contributed by atoms with Gasteiger partial charge < -0.3 is 9.64 Å². The summed E-state index contributed by atoms with van der Waals surface area (Å²) in [4.78, 5) is 23.1. The third kappa shape index (κ3) is 3.52. The van der Waals surface area contributed by atoms with Gasteiger partial charge in [0.25, 0.3) is 6.20 Å². The zero-order valence-corrected chi connectivity index (χ0v) is 9.35. The average Bonchev–Trinajstić information content (AvgIpc) is 2.27. The molecule has 0 unspecified atom stereocenters. The molecule has 1 heterocycles. The van der Waals surface area contributed by atoms with Gasteiger partial charge in [-0.15, -0.1) is 0 Å². The van der Waals surface area contributed by atoms with Crippen LogP contribution in [0.5, 0.6) is 0 Å². The Kier molecular flexibility index (Phi) is 4.75. The molecule has 0 bridgehead atoms. The molecule has 0 N–H and O–H groups in total. The van der Waals surface area contributed by atoms with Crippen molar-refractivity contribution < 1.29 is 14.5 Å². The summed E-state index contributed by atoms with van der Waals surface area (Å²) in [6.07, 6.45) is 3.75. The van der Waals surface area contributed by atoms with Crippen LogP contribution in [0.4, 0.5) is 0 Å². The van der Waals surface area contributed by atoms with E-state index in [1.54, 1.807) is 11.8 Å². The number of hydrogen-bond donors (Lipinski definition) is 0. The minimum absolute atomic E-state index is 0.0616. The molecule has 0 aromatic heterocycles. The first-order valence-electron chi connectivity index (χ1n) is 5.42. The van der Waals surface area contributed by atoms with Gasteiger partial charge in [0.15, 0.2) is 5.70 Å². The maximum absolute atomic E-state index is 11.5. The Hall–Kier alpha value is -1.59. The van der Waals surface area contributed by atoms with Crippen molar-refractivity contribution in [2.75, 3.05) is 19.7 Å². The Morgan fingerprint density at radius 1 is 1.44 bits per heavy atom. The lowest BCUT2D eigenvalue weighted by Gasteiger charge is -2.28. The Labute approximate surface area is 94.0 Å². The molecule has 0 aromatic rings. The number of rotatable bonds is 4. The second-order valence-corrected chi connectivity index (χ2v) is 3.57. The standard InChI is InChI=1S/C10H16N2O4/c1-2-16-10(13)9(8-12(14)15)11-6-4-3-5-7-11/h8H,2-7H2,1H3. The lowest BCUT2D eigenvalue weighted by molar-refractivity contribution is -0.404. The summed E-state index contributed by atoms with van der Waals surface area (Å²) in [5.41, 5.74) is 0.0616. The van der Waals surface area contributed by atoms with Crippen LogP contribution < -0.4 is 0 Å². The van der Waals surface area contributed by atoms with Crippen LogP contribution in [0.15, 0.2) is 11.9 Å². The topological polar surface area (TPSA) is 72.7 Å². The van der Waals surface area contributed by atoms with Crippen molar-refractivity contribution in [1.29, 1.82) is 0 Å². The smallest absolute Gasteiger partial charge is 0.361 e. The highest BCUT2D eigenvalue weighted by Gasteiger charge is 2.23. The van der Waals surface area contributed by atoms with E-state index in [1.165, 1.54) is 0 Å². The number of carbonyl (C=O) groups is 1. The summed E-state index contributed by atoms with van der Waals surface area (Å²) >= 11 is 0. The first-order chi connectivity index (χ1) is 7.65. The van der Waals surface area contributed by atoms with Crippen molar-refractivity contribution >= 4 is 5.97 Å². The van der Waals surface area contributed by atoms with Gasteiger partial charge in [0.2, 0.25) is 0 Å². The van der Waals surface area contributed by atoms with E-state index in [0.717, 1.165) is 25.5 Å². The third-order valence-corrected chi connectivity index (χ3v) is 2.41. The average molecular weight is 228 g/mol. The Morgan fingerprint density at radius 2 is 2.06 bits per heavy atom. The third-order valence-electron chi connectivity index (χ3n) is 2.41. The number of hydrogen-bond acceptors (Lipinski definition) is 5. The molecule has 1 aliphatic heterocycles. The maximum Gasteiger partial charge on any atom is 0.361 e. The second-order valence-electron chi connectivity index (χ2n) is 3.57. The van der Waals surface area contributed by atoms with Crippen molar-refractivity contribution in [2.45, 2.75) is 26.2 Å². The van der Waals surface area contributed by atoms with Crippen molar-refractivity contribution in [2.24, 2.45) is 0 Å². The van der Waals surface area contributed by atoms with Crippen molar-refractivity contribution in [1.82, 2.24) is 4.90 Å². The number of likely N-dealkylation sites (tertiary alicyclic amines) is 1. The summed E-state index contributed by atoms with van der Waals surface area (Å²) in [6.45, 7) is 3.26. The summed E-state index contributed by atoms with van der Waals surface area (Å²) in [7, 11) is 0. The molecule has 0 radical (unpaired) electrons. The summed E-state index contributed by atoms with van der Waals surface area (Å²) in [5.74, 6) is -0.610. The Bertz CT molecular complexity index is 295. The monoisotopic (exact) mass is 228 g/mol. The van der Waals surface area contributed by atoms with Crippen LogP contribution in [-0.2, 0) is 9.53 Å². The first kappa shape index (κ1) is 12.5. The molecular formula is C10H16N2O4. The minimum Gasteiger partial charge on any atom is -0.461 e. The fourth-order valence-corrected chi connectivity index (χ4v) is 1.70. The molecule has 6 heteroatoms. The predicted octanol–water partition coefficient (Wildman–Crippen LogP) is 1.15. The van der Waals surface area contributed by atoms with Gasteiger partial charge in [0.1, 0.15) is 0 Å². The van der Waals surface area contributed by atoms with Crippen molar-refractivity contribution in [3.05, 3.63) is 22.0 Å². The van der Waals surface area contributed by atoms with Gasteiger partial charge >= 0.3 is 5.97 Å². The number of piperidine rings is 1. The normalized spacial score (nSPS) is 17.1. The number of carbonyl (C=O) groups excluding carboxylic acids is 1. The Morgan fingerprint density at radius 3 is 2.56 bits per heavy atom. The molecule has 6 nitrogen and oxygen atoms in total. The number of nitro groups is 1. The molecular weight excluding hydrogens is 212 g/mol. The van der Waals surface area contributed by atoms with Gasteiger partial charge in [0, 0.05) is 13.1 Å². The molecule has 0 saturated carbocycles. The molecule has 1 fully saturated rings. The van der Waals surface area contributed by atoms with E-state index in [4.69, 9.17) is 4.74 Å². The van der Waals surface area contributed by atoms with Gasteiger partial charge in [0.05, 0.1) is 11.5 Å². The second kappa shape index (κ2) is 6.09. The van der Waals surface area contributed by atoms with E-state index in [-0.39, 0.29) is 12.3 Å². The van der Waals surface area contributed by atoms with Gasteiger partial charge in [-0.1, -0.05) is 0 Å². The predicted molar refractivity (Wildman–Crippen MR) is 57.1 cm³/mol. The lowest BCUT2D eigenvalue weighted by atomic mass is 10.1. The van der Waals surface area contributed by atoms with E-state index in [1.807, 2.05) is 0 Å². The molecule has 0 aromatic carbocycles. The van der Waals surface area contributed by atoms with Crippen molar-refractivity contribution in [3.8, 4) is 0 Å². The highest BCUT2D eigenvalue weighted by Crippen LogP contribution is 2.15. The van der Waals surface area contributed by atoms with Gasteiger partial charge in [-0.3, -0.25) is 10.1 Å². The SMILES string of the molecule is CCOC(=O)C(=C[N+](=O)[O-])N1CCCCC1. The minimum atomic E-state index is -0.610. The number of ether oxygens (including phenoxy) is 1. The fraction of sp³-hybridized carbons (Fsp3) is 0.700. The molecule has 0 amide bonds. The highest BCUT2D eigenvalue weighted by molar-refractivity contribution is 5.87. The van der Waals surface area contributed by atoms with Gasteiger partial charge in [-0.25, -0.2) is 4.79 Å². The molecule has 1 saturated heterocycles. The van der Waals surface area contributed by atoms with Crippen LogP contribution in [0, 0.1) is 10.1 Å². The summed E-state index contributed by atoms with van der Waals surface area (Å²) < 4.78 is 4.80.